The molecule has 2 aromatic heterocycles. The molecule has 1 N–H and O–H groups in total. The van der Waals surface area contributed by atoms with Crippen LogP contribution < -0.4 is 15.7 Å². The highest BCUT2D eigenvalue weighted by molar-refractivity contribution is 7.18. The lowest BCUT2D eigenvalue weighted by atomic mass is 10.3. The van der Waals surface area contributed by atoms with Crippen molar-refractivity contribution in [2.75, 3.05) is 5.43 Å². The Labute approximate surface area is 142 Å². The van der Waals surface area contributed by atoms with Gasteiger partial charge in [0, 0.05) is 4.88 Å². The number of carbonyl (C=O) groups is 1. The number of benzene rings is 1. The molecule has 0 aliphatic carbocycles. The highest BCUT2D eigenvalue weighted by Crippen LogP contribution is 2.20. The van der Waals surface area contributed by atoms with Gasteiger partial charge in [0.1, 0.15) is 16.9 Å². The van der Waals surface area contributed by atoms with Crippen LogP contribution in [0.5, 0.6) is 5.75 Å². The van der Waals surface area contributed by atoms with Crippen LogP contribution in [0.3, 0.4) is 0 Å². The normalized spacial score (nSPS) is 12.1. The highest BCUT2D eigenvalue weighted by atomic mass is 32.1. The first-order chi connectivity index (χ1) is 11.6. The Hall–Kier alpha value is -2.67. The lowest BCUT2D eigenvalue weighted by molar-refractivity contribution is -0.123. The molecule has 0 radical (unpaired) electrons. The van der Waals surface area contributed by atoms with Crippen LogP contribution in [0.1, 0.15) is 18.7 Å². The average Bonchev–Trinajstić information content (AvgIpc) is 3.02. The van der Waals surface area contributed by atoms with E-state index in [1.165, 1.54) is 17.7 Å². The highest BCUT2D eigenvalue weighted by Gasteiger charge is 2.16. The van der Waals surface area contributed by atoms with E-state index in [-0.39, 0.29) is 5.56 Å². The van der Waals surface area contributed by atoms with E-state index in [0.717, 1.165) is 16.0 Å². The summed E-state index contributed by atoms with van der Waals surface area (Å²) in [4.78, 5) is 30.7. The van der Waals surface area contributed by atoms with Crippen LogP contribution >= 0.6 is 11.3 Å². The zero-order valence-electron chi connectivity index (χ0n) is 13.4. The molecule has 1 atom stereocenters. The summed E-state index contributed by atoms with van der Waals surface area (Å²) in [7, 11) is 0. The Morgan fingerprint density at radius 1 is 1.38 bits per heavy atom. The predicted molar refractivity (Wildman–Crippen MR) is 94.2 cm³/mol. The van der Waals surface area contributed by atoms with E-state index < -0.39 is 12.0 Å². The van der Waals surface area contributed by atoms with Gasteiger partial charge in [0.15, 0.2) is 6.10 Å². The molecule has 2 heterocycles. The molecule has 1 amide bonds. The van der Waals surface area contributed by atoms with E-state index in [4.69, 9.17) is 4.74 Å². The molecule has 0 aliphatic rings. The van der Waals surface area contributed by atoms with Crippen molar-refractivity contribution in [1.29, 1.82) is 0 Å². The summed E-state index contributed by atoms with van der Waals surface area (Å²) >= 11 is 1.49. The van der Waals surface area contributed by atoms with E-state index >= 15 is 0 Å². The molecule has 0 saturated carbocycles. The summed E-state index contributed by atoms with van der Waals surface area (Å²) in [5.74, 6) is 0.166. The van der Waals surface area contributed by atoms with Gasteiger partial charge in [-0.05, 0) is 31.5 Å². The smallest absolute Gasteiger partial charge is 0.280 e. The summed E-state index contributed by atoms with van der Waals surface area (Å²) in [5, 5.41) is 0.510. The number of thiophene rings is 1. The Morgan fingerprint density at radius 2 is 2.12 bits per heavy atom. The van der Waals surface area contributed by atoms with Crippen molar-refractivity contribution in [3.05, 3.63) is 58.0 Å². The monoisotopic (exact) mass is 343 g/mol. The van der Waals surface area contributed by atoms with Crippen molar-refractivity contribution in [1.82, 2.24) is 9.66 Å². The van der Waals surface area contributed by atoms with Crippen molar-refractivity contribution in [3.63, 3.8) is 0 Å². The number of nitrogens with one attached hydrogen (secondary N) is 1. The van der Waals surface area contributed by atoms with Crippen molar-refractivity contribution < 1.29 is 9.53 Å². The van der Waals surface area contributed by atoms with Crippen molar-refractivity contribution in [3.8, 4) is 5.75 Å². The summed E-state index contributed by atoms with van der Waals surface area (Å²) in [5.41, 5.74) is 2.24. The maximum Gasteiger partial charge on any atom is 0.280 e. The van der Waals surface area contributed by atoms with Crippen molar-refractivity contribution in [2.24, 2.45) is 0 Å². The van der Waals surface area contributed by atoms with Gasteiger partial charge in [0.25, 0.3) is 11.5 Å². The third-order valence-electron chi connectivity index (χ3n) is 3.51. The number of ether oxygens (including phenoxy) is 1. The van der Waals surface area contributed by atoms with E-state index in [1.807, 2.05) is 31.2 Å². The first-order valence-electron chi connectivity index (χ1n) is 7.61. The van der Waals surface area contributed by atoms with Gasteiger partial charge in [-0.1, -0.05) is 25.1 Å². The summed E-state index contributed by atoms with van der Waals surface area (Å²) in [6, 6.07) is 10.9. The largest absolute Gasteiger partial charge is 0.481 e. The fourth-order valence-corrected chi connectivity index (χ4v) is 3.12. The van der Waals surface area contributed by atoms with Crippen LogP contribution in [0.25, 0.3) is 10.2 Å². The topological polar surface area (TPSA) is 73.2 Å². The zero-order chi connectivity index (χ0) is 17.1. The van der Waals surface area contributed by atoms with Crippen LogP contribution in [-0.4, -0.2) is 21.7 Å². The van der Waals surface area contributed by atoms with Crippen LogP contribution in [0.2, 0.25) is 0 Å². The third-order valence-corrected chi connectivity index (χ3v) is 4.69. The number of rotatable bonds is 5. The number of nitrogens with zero attached hydrogens (tertiary/aromatic N) is 2. The van der Waals surface area contributed by atoms with Crippen molar-refractivity contribution >= 4 is 27.5 Å². The molecule has 0 unspecified atom stereocenters. The first kappa shape index (κ1) is 16.2. The molecule has 0 spiro atoms. The summed E-state index contributed by atoms with van der Waals surface area (Å²) in [6.45, 7) is 3.65. The molecular formula is C17H17N3O3S. The van der Waals surface area contributed by atoms with Gasteiger partial charge in [-0.2, -0.15) is 0 Å². The molecule has 124 valence electrons. The maximum absolute atomic E-state index is 12.4. The molecule has 0 aliphatic heterocycles. The van der Waals surface area contributed by atoms with Crippen LogP contribution in [0.4, 0.5) is 0 Å². The van der Waals surface area contributed by atoms with E-state index in [1.54, 1.807) is 19.1 Å². The number of aromatic nitrogens is 2. The Balaban J connectivity index is 1.77. The molecular weight excluding hydrogens is 326 g/mol. The summed E-state index contributed by atoms with van der Waals surface area (Å²) < 4.78 is 6.65. The molecule has 3 rings (SSSR count). The van der Waals surface area contributed by atoms with Gasteiger partial charge in [-0.3, -0.25) is 15.0 Å². The minimum absolute atomic E-state index is 0.295. The lowest BCUT2D eigenvalue weighted by Gasteiger charge is -2.15. The third kappa shape index (κ3) is 3.30. The minimum atomic E-state index is -0.747. The first-order valence-corrected chi connectivity index (χ1v) is 8.42. The molecule has 0 saturated heterocycles. The fourth-order valence-electron chi connectivity index (χ4n) is 2.19. The van der Waals surface area contributed by atoms with Gasteiger partial charge in [-0.15, -0.1) is 11.3 Å². The molecule has 24 heavy (non-hydrogen) atoms. The SMILES string of the molecule is CCc1cc2c(=O)n(NC(=O)[C@@H](C)Oc3ccccc3)cnc2s1. The number of carbonyl (C=O) groups excluding carboxylic acids is 1. The Morgan fingerprint density at radius 3 is 2.83 bits per heavy atom. The van der Waals surface area contributed by atoms with E-state index in [9.17, 15) is 9.59 Å². The number of aryl methyl sites for hydroxylation is 1. The van der Waals surface area contributed by atoms with Gasteiger partial charge >= 0.3 is 0 Å². The van der Waals surface area contributed by atoms with Crippen LogP contribution in [0.15, 0.2) is 47.5 Å². The predicted octanol–water partition coefficient (Wildman–Crippen LogP) is 2.56. The lowest BCUT2D eigenvalue weighted by Crippen LogP contribution is -2.39. The molecule has 7 heteroatoms. The second-order valence-electron chi connectivity index (χ2n) is 5.25. The number of fused-ring (bicyclic) bond motifs is 1. The molecule has 3 aromatic rings. The standard InChI is InChI=1S/C17H17N3O3S/c1-3-13-9-14-16(24-13)18-10-20(17(14)22)19-15(21)11(2)23-12-7-5-4-6-8-12/h4-11H,3H2,1-2H3,(H,19,21)/t11-/m1/s1. The van der Waals surface area contributed by atoms with Gasteiger partial charge in [0.2, 0.25) is 0 Å². The molecule has 1 aromatic carbocycles. The second kappa shape index (κ2) is 6.84. The van der Waals surface area contributed by atoms with E-state index in [2.05, 4.69) is 10.4 Å². The minimum Gasteiger partial charge on any atom is -0.481 e. The molecule has 0 bridgehead atoms. The zero-order valence-corrected chi connectivity index (χ0v) is 14.2. The molecule has 6 nitrogen and oxygen atoms in total. The van der Waals surface area contributed by atoms with Gasteiger partial charge in [-0.25, -0.2) is 9.66 Å². The van der Waals surface area contributed by atoms with Crippen LogP contribution in [0, 0.1) is 0 Å². The number of para-hydroxylation sites is 1. The van der Waals surface area contributed by atoms with Gasteiger partial charge in [0.05, 0.1) is 5.39 Å². The number of hydrogen-bond acceptors (Lipinski definition) is 5. The van der Waals surface area contributed by atoms with Crippen molar-refractivity contribution in [2.45, 2.75) is 26.4 Å². The number of hydrogen-bond donors (Lipinski definition) is 1. The Bertz CT molecular complexity index is 918. The van der Waals surface area contributed by atoms with E-state index in [0.29, 0.717) is 16.0 Å². The maximum atomic E-state index is 12.4. The number of amides is 1. The van der Waals surface area contributed by atoms with Gasteiger partial charge < -0.3 is 4.74 Å². The quantitative estimate of drug-likeness (QED) is 0.773. The van der Waals surface area contributed by atoms with Crippen LogP contribution in [-0.2, 0) is 11.2 Å². The Kier molecular flexibility index (Phi) is 4.61. The molecule has 0 fully saturated rings. The summed E-state index contributed by atoms with van der Waals surface area (Å²) in [6.07, 6.45) is 1.42. The fraction of sp³-hybridized carbons (Fsp3) is 0.235. The average molecular weight is 343 g/mol. The second-order valence-corrected chi connectivity index (χ2v) is 6.37.